The van der Waals surface area contributed by atoms with Crippen LogP contribution in [0.5, 0.6) is 0 Å². The second kappa shape index (κ2) is 6.21. The van der Waals surface area contributed by atoms with E-state index >= 15 is 0 Å². The number of hydrogen-bond acceptors (Lipinski definition) is 3. The molecule has 0 spiro atoms. The highest BCUT2D eigenvalue weighted by Gasteiger charge is 2.27. The third-order valence-electron chi connectivity index (χ3n) is 3.21. The van der Waals surface area contributed by atoms with Crippen molar-refractivity contribution in [3.8, 4) is 0 Å². The Morgan fingerprint density at radius 2 is 2.29 bits per heavy atom. The lowest BCUT2D eigenvalue weighted by Crippen LogP contribution is -2.53. The van der Waals surface area contributed by atoms with Crippen molar-refractivity contribution in [3.63, 3.8) is 0 Å². The summed E-state index contributed by atoms with van der Waals surface area (Å²) in [7, 11) is 0. The molecule has 0 aliphatic carbocycles. The summed E-state index contributed by atoms with van der Waals surface area (Å²) in [6.45, 7) is 4.99. The molecule has 2 aliphatic rings. The summed E-state index contributed by atoms with van der Waals surface area (Å²) >= 11 is 0. The Morgan fingerprint density at radius 3 is 2.76 bits per heavy atom. The molecule has 1 atom stereocenters. The summed E-state index contributed by atoms with van der Waals surface area (Å²) in [6, 6.07) is 0.0511. The highest BCUT2D eigenvalue weighted by Crippen LogP contribution is 2.10. The number of carbonyl (C=O) groups excluding carboxylic acids is 2. The first-order valence-corrected chi connectivity index (χ1v) is 5.95. The van der Waals surface area contributed by atoms with E-state index in [1.165, 1.54) is 0 Å². The van der Waals surface area contributed by atoms with Gasteiger partial charge in [-0.1, -0.05) is 0 Å². The van der Waals surface area contributed by atoms with Gasteiger partial charge >= 0.3 is 0 Å². The number of nitrogens with one attached hydrogen (secondary N) is 2. The number of hydrogen-bond donors (Lipinski definition) is 2. The second-order valence-corrected chi connectivity index (χ2v) is 4.71. The van der Waals surface area contributed by atoms with Crippen LogP contribution < -0.4 is 10.6 Å². The predicted octanol–water partition coefficient (Wildman–Crippen LogP) is -0.245. The molecule has 0 aromatic carbocycles. The lowest BCUT2D eigenvalue weighted by atomic mass is 10.0. The van der Waals surface area contributed by atoms with Crippen LogP contribution >= 0.6 is 12.4 Å². The summed E-state index contributed by atoms with van der Waals surface area (Å²) in [4.78, 5) is 24.9. The van der Waals surface area contributed by atoms with E-state index in [0.717, 1.165) is 26.1 Å². The standard InChI is InChI=1S/C11H19N3O2.ClH/c1-8(7-14-4-2-3-10(14)15)13-11(16)9-5-12-6-9;/h8-9,12H,2-7H2,1H3,(H,13,16);1H. The monoisotopic (exact) mass is 261 g/mol. The van der Waals surface area contributed by atoms with Gasteiger partial charge < -0.3 is 15.5 Å². The van der Waals surface area contributed by atoms with E-state index in [1.54, 1.807) is 0 Å². The average Bonchev–Trinajstić information content (AvgIpc) is 2.48. The van der Waals surface area contributed by atoms with E-state index in [4.69, 9.17) is 0 Å². The van der Waals surface area contributed by atoms with E-state index in [-0.39, 0.29) is 36.2 Å². The molecular formula is C11H20ClN3O2. The molecule has 5 nitrogen and oxygen atoms in total. The molecule has 0 bridgehead atoms. The average molecular weight is 262 g/mol. The quantitative estimate of drug-likeness (QED) is 0.734. The van der Waals surface area contributed by atoms with Crippen LogP contribution in [0.25, 0.3) is 0 Å². The number of halogens is 1. The topological polar surface area (TPSA) is 61.4 Å². The van der Waals surface area contributed by atoms with Crippen LogP contribution in [0.3, 0.4) is 0 Å². The van der Waals surface area contributed by atoms with Crippen molar-refractivity contribution in [2.45, 2.75) is 25.8 Å². The van der Waals surface area contributed by atoms with Gasteiger partial charge in [0.25, 0.3) is 0 Å². The molecule has 2 amide bonds. The molecule has 0 saturated carbocycles. The Morgan fingerprint density at radius 1 is 1.59 bits per heavy atom. The van der Waals surface area contributed by atoms with Crippen LogP contribution in [0.15, 0.2) is 0 Å². The van der Waals surface area contributed by atoms with Crippen molar-refractivity contribution in [1.29, 1.82) is 0 Å². The van der Waals surface area contributed by atoms with Crippen molar-refractivity contribution >= 4 is 24.2 Å². The number of rotatable bonds is 4. The SMILES string of the molecule is CC(CN1CCCC1=O)NC(=O)C1CNC1.Cl. The third-order valence-corrected chi connectivity index (χ3v) is 3.21. The zero-order chi connectivity index (χ0) is 11.5. The summed E-state index contributed by atoms with van der Waals surface area (Å²) in [5, 5.41) is 6.03. The maximum absolute atomic E-state index is 11.6. The van der Waals surface area contributed by atoms with Crippen molar-refractivity contribution in [3.05, 3.63) is 0 Å². The van der Waals surface area contributed by atoms with Crippen LogP contribution in [-0.2, 0) is 9.59 Å². The summed E-state index contributed by atoms with van der Waals surface area (Å²) in [5.41, 5.74) is 0. The minimum atomic E-state index is 0. The van der Waals surface area contributed by atoms with E-state index in [2.05, 4.69) is 10.6 Å². The van der Waals surface area contributed by atoms with Crippen molar-refractivity contribution < 1.29 is 9.59 Å². The van der Waals surface area contributed by atoms with Gasteiger partial charge in [0.05, 0.1) is 5.92 Å². The van der Waals surface area contributed by atoms with E-state index < -0.39 is 0 Å². The summed E-state index contributed by atoms with van der Waals surface area (Å²) in [6.07, 6.45) is 1.61. The van der Waals surface area contributed by atoms with Gasteiger partial charge in [-0.3, -0.25) is 9.59 Å². The van der Waals surface area contributed by atoms with Crippen LogP contribution in [0.4, 0.5) is 0 Å². The first-order chi connectivity index (χ1) is 7.66. The van der Waals surface area contributed by atoms with E-state index in [1.807, 2.05) is 11.8 Å². The van der Waals surface area contributed by atoms with Gasteiger partial charge in [-0.05, 0) is 13.3 Å². The van der Waals surface area contributed by atoms with Gasteiger partial charge in [-0.2, -0.15) is 0 Å². The molecular weight excluding hydrogens is 242 g/mol. The summed E-state index contributed by atoms with van der Waals surface area (Å²) < 4.78 is 0. The molecule has 0 radical (unpaired) electrons. The molecule has 2 fully saturated rings. The van der Waals surface area contributed by atoms with Gasteiger partial charge in [-0.25, -0.2) is 0 Å². The number of amides is 2. The number of likely N-dealkylation sites (tertiary alicyclic amines) is 1. The minimum absolute atomic E-state index is 0. The highest BCUT2D eigenvalue weighted by molar-refractivity contribution is 5.85. The molecule has 2 N–H and O–H groups in total. The fraction of sp³-hybridized carbons (Fsp3) is 0.818. The van der Waals surface area contributed by atoms with Crippen LogP contribution in [0, 0.1) is 5.92 Å². The fourth-order valence-electron chi connectivity index (χ4n) is 2.11. The highest BCUT2D eigenvalue weighted by atomic mass is 35.5. The second-order valence-electron chi connectivity index (χ2n) is 4.71. The molecule has 1 unspecified atom stereocenters. The first kappa shape index (κ1) is 14.3. The maximum atomic E-state index is 11.6. The third kappa shape index (κ3) is 3.57. The lowest BCUT2D eigenvalue weighted by Gasteiger charge is -2.28. The molecule has 2 saturated heterocycles. The van der Waals surface area contributed by atoms with Gasteiger partial charge in [0.15, 0.2) is 0 Å². The van der Waals surface area contributed by atoms with Gasteiger partial charge in [0.1, 0.15) is 0 Å². The van der Waals surface area contributed by atoms with Gasteiger partial charge in [0, 0.05) is 38.6 Å². The van der Waals surface area contributed by atoms with Crippen molar-refractivity contribution in [2.24, 2.45) is 5.92 Å². The predicted molar refractivity (Wildman–Crippen MR) is 67.0 cm³/mol. The molecule has 98 valence electrons. The lowest BCUT2D eigenvalue weighted by molar-refractivity contribution is -0.130. The number of nitrogens with zero attached hydrogens (tertiary/aromatic N) is 1. The molecule has 17 heavy (non-hydrogen) atoms. The molecule has 0 aromatic heterocycles. The Balaban J connectivity index is 0.00000144. The largest absolute Gasteiger partial charge is 0.352 e. The molecule has 2 rings (SSSR count). The Kier molecular flexibility index (Phi) is 5.21. The van der Waals surface area contributed by atoms with E-state index in [9.17, 15) is 9.59 Å². The fourth-order valence-corrected chi connectivity index (χ4v) is 2.11. The Bertz CT molecular complexity index is 294. The first-order valence-electron chi connectivity index (χ1n) is 5.95. The molecule has 0 aromatic rings. The Labute approximate surface area is 108 Å². The molecule has 2 aliphatic heterocycles. The van der Waals surface area contributed by atoms with Crippen LogP contribution in [0.2, 0.25) is 0 Å². The van der Waals surface area contributed by atoms with Crippen LogP contribution in [-0.4, -0.2) is 48.9 Å². The zero-order valence-corrected chi connectivity index (χ0v) is 10.9. The molecule has 6 heteroatoms. The molecule has 2 heterocycles. The van der Waals surface area contributed by atoms with E-state index in [0.29, 0.717) is 13.0 Å². The van der Waals surface area contributed by atoms with Crippen molar-refractivity contribution in [1.82, 2.24) is 15.5 Å². The smallest absolute Gasteiger partial charge is 0.225 e. The Hall–Kier alpha value is -0.810. The number of carbonyl (C=O) groups is 2. The van der Waals surface area contributed by atoms with Gasteiger partial charge in [0.2, 0.25) is 11.8 Å². The summed E-state index contributed by atoms with van der Waals surface area (Å²) in [5.74, 6) is 0.445. The minimum Gasteiger partial charge on any atom is -0.352 e. The maximum Gasteiger partial charge on any atom is 0.225 e. The van der Waals surface area contributed by atoms with Gasteiger partial charge in [-0.15, -0.1) is 12.4 Å². The van der Waals surface area contributed by atoms with Crippen LogP contribution in [0.1, 0.15) is 19.8 Å². The van der Waals surface area contributed by atoms with Crippen molar-refractivity contribution in [2.75, 3.05) is 26.2 Å². The normalized spacial score (nSPS) is 21.7. The zero-order valence-electron chi connectivity index (χ0n) is 10.1.